The lowest BCUT2D eigenvalue weighted by atomic mass is 9.66. The van der Waals surface area contributed by atoms with E-state index < -0.39 is 52.8 Å². The molecule has 1 aromatic rings. The summed E-state index contributed by atoms with van der Waals surface area (Å²) in [5, 5.41) is 4.82. The molecule has 0 radical (unpaired) electrons. The molecule has 1 atom stereocenters. The second-order valence-electron chi connectivity index (χ2n) is 5.49. The molecule has 130 valence electrons. The number of carbonyl (C=O) groups excluding carboxylic acids is 1. The fourth-order valence-electron chi connectivity index (χ4n) is 2.97. The molecule has 11 heteroatoms. The maximum absolute atomic E-state index is 14.1. The summed E-state index contributed by atoms with van der Waals surface area (Å²) in [4.78, 5) is 11.2. The van der Waals surface area contributed by atoms with Gasteiger partial charge in [-0.3, -0.25) is 9.48 Å². The zero-order chi connectivity index (χ0) is 18.0. The first kappa shape index (κ1) is 17.5. The fourth-order valence-corrected chi connectivity index (χ4v) is 2.97. The predicted octanol–water partition coefficient (Wildman–Crippen LogP) is 2.75. The Hall–Kier alpha value is -1.81. The number of halogens is 7. The van der Waals surface area contributed by atoms with Crippen LogP contribution >= 0.6 is 0 Å². The Kier molecular flexibility index (Phi) is 3.51. The van der Waals surface area contributed by atoms with Crippen molar-refractivity contribution in [3.05, 3.63) is 17.0 Å². The SMILES string of the molecule is CC(=O)N[C@]1(c2c(C)c(C(F)(F)F)nn2C)CC(F)(F)C1(F)F. The first-order chi connectivity index (χ1) is 10.2. The Morgan fingerprint density at radius 1 is 1.26 bits per heavy atom. The van der Waals surface area contributed by atoms with Gasteiger partial charge in [0.1, 0.15) is 0 Å². The van der Waals surface area contributed by atoms with Crippen LogP contribution in [0.4, 0.5) is 30.7 Å². The molecule has 1 N–H and O–H groups in total. The number of alkyl halides is 7. The minimum atomic E-state index is -4.95. The van der Waals surface area contributed by atoms with Crippen molar-refractivity contribution in [1.82, 2.24) is 15.1 Å². The van der Waals surface area contributed by atoms with Crippen LogP contribution in [0.2, 0.25) is 0 Å². The predicted molar refractivity (Wildman–Crippen MR) is 63.0 cm³/mol. The van der Waals surface area contributed by atoms with Gasteiger partial charge >= 0.3 is 18.0 Å². The van der Waals surface area contributed by atoms with Gasteiger partial charge in [-0.15, -0.1) is 0 Å². The summed E-state index contributed by atoms with van der Waals surface area (Å²) >= 11 is 0. The van der Waals surface area contributed by atoms with E-state index in [9.17, 15) is 35.5 Å². The van der Waals surface area contributed by atoms with Gasteiger partial charge in [0.05, 0.1) is 12.1 Å². The molecule has 0 spiro atoms. The van der Waals surface area contributed by atoms with Crippen LogP contribution in [-0.2, 0) is 23.6 Å². The Balaban J connectivity index is 2.70. The quantitative estimate of drug-likeness (QED) is 0.837. The molecule has 1 amide bonds. The van der Waals surface area contributed by atoms with Gasteiger partial charge in [-0.05, 0) is 6.92 Å². The lowest BCUT2D eigenvalue weighted by Gasteiger charge is -2.53. The number of rotatable bonds is 2. The third-order valence-electron chi connectivity index (χ3n) is 3.83. The molecule has 1 aliphatic rings. The highest BCUT2D eigenvalue weighted by Crippen LogP contribution is 2.63. The van der Waals surface area contributed by atoms with E-state index in [4.69, 9.17) is 0 Å². The van der Waals surface area contributed by atoms with Gasteiger partial charge < -0.3 is 5.32 Å². The van der Waals surface area contributed by atoms with Crippen molar-refractivity contribution >= 4 is 5.91 Å². The minimum absolute atomic E-state index is 0.456. The van der Waals surface area contributed by atoms with Crippen molar-refractivity contribution in [3.8, 4) is 0 Å². The highest BCUT2D eigenvalue weighted by Gasteiger charge is 2.82. The molecule has 0 bridgehead atoms. The molecule has 0 unspecified atom stereocenters. The molecular formula is C12H12F7N3O. The van der Waals surface area contributed by atoms with Crippen LogP contribution in [0.1, 0.15) is 30.3 Å². The van der Waals surface area contributed by atoms with Crippen molar-refractivity contribution in [2.24, 2.45) is 7.05 Å². The number of aromatic nitrogens is 2. The highest BCUT2D eigenvalue weighted by molar-refractivity contribution is 5.75. The number of hydrogen-bond acceptors (Lipinski definition) is 2. The van der Waals surface area contributed by atoms with Crippen molar-refractivity contribution in [2.45, 2.75) is 43.8 Å². The number of nitrogens with zero attached hydrogens (tertiary/aromatic N) is 2. The normalized spacial score (nSPS) is 25.8. The summed E-state index contributed by atoms with van der Waals surface area (Å²) in [6, 6.07) is 0. The zero-order valence-corrected chi connectivity index (χ0v) is 12.2. The Bertz CT molecular complexity index is 664. The van der Waals surface area contributed by atoms with E-state index in [0.717, 1.165) is 20.9 Å². The molecule has 0 aromatic carbocycles. The fraction of sp³-hybridized carbons (Fsp3) is 0.667. The van der Waals surface area contributed by atoms with Crippen LogP contribution in [0.25, 0.3) is 0 Å². The summed E-state index contributed by atoms with van der Waals surface area (Å²) in [5.74, 6) is -10.3. The topological polar surface area (TPSA) is 46.9 Å². The largest absolute Gasteiger partial charge is 0.435 e. The first-order valence-electron chi connectivity index (χ1n) is 6.33. The monoisotopic (exact) mass is 347 g/mol. The maximum Gasteiger partial charge on any atom is 0.435 e. The average molecular weight is 347 g/mol. The molecule has 1 fully saturated rings. The van der Waals surface area contributed by atoms with E-state index in [1.54, 1.807) is 5.32 Å². The minimum Gasteiger partial charge on any atom is -0.339 e. The molecule has 1 aliphatic carbocycles. The number of hydrogen-bond donors (Lipinski definition) is 1. The molecule has 1 saturated carbocycles. The van der Waals surface area contributed by atoms with E-state index in [1.165, 1.54) is 0 Å². The van der Waals surface area contributed by atoms with Crippen molar-refractivity contribution in [3.63, 3.8) is 0 Å². The summed E-state index contributed by atoms with van der Waals surface area (Å²) in [5.41, 5.74) is -5.94. The van der Waals surface area contributed by atoms with Crippen LogP contribution < -0.4 is 5.32 Å². The van der Waals surface area contributed by atoms with Gasteiger partial charge in [0.2, 0.25) is 5.91 Å². The molecule has 1 heterocycles. The second-order valence-corrected chi connectivity index (χ2v) is 5.49. The lowest BCUT2D eigenvalue weighted by molar-refractivity contribution is -0.335. The number of nitrogens with one attached hydrogen (secondary N) is 1. The van der Waals surface area contributed by atoms with Gasteiger partial charge in [-0.1, -0.05) is 0 Å². The second kappa shape index (κ2) is 4.60. The molecular weight excluding hydrogens is 335 g/mol. The standard InChI is InChI=1S/C12H12F7N3O/c1-5-7(11(15,16)17)21-22(3)8(5)9(20-6(2)23)4-10(13,14)12(9,18)19/h4H2,1-3H3,(H,20,23)/t9-/m0/s1. The molecule has 0 aliphatic heterocycles. The maximum atomic E-state index is 14.1. The van der Waals surface area contributed by atoms with Gasteiger partial charge in [-0.25, -0.2) is 0 Å². The Labute approximate surface area is 125 Å². The van der Waals surface area contributed by atoms with E-state index in [0.29, 0.717) is 4.68 Å². The molecule has 23 heavy (non-hydrogen) atoms. The van der Waals surface area contributed by atoms with E-state index in [1.807, 2.05) is 0 Å². The molecule has 1 aromatic heterocycles. The van der Waals surface area contributed by atoms with E-state index in [-0.39, 0.29) is 0 Å². The third-order valence-corrected chi connectivity index (χ3v) is 3.83. The average Bonchev–Trinajstić information content (AvgIpc) is 2.62. The zero-order valence-electron chi connectivity index (χ0n) is 12.2. The Morgan fingerprint density at radius 3 is 2.09 bits per heavy atom. The summed E-state index contributed by atoms with van der Waals surface area (Å²) in [6.07, 6.45) is -6.47. The summed E-state index contributed by atoms with van der Waals surface area (Å²) < 4.78 is 93.8. The van der Waals surface area contributed by atoms with Gasteiger partial charge in [0.25, 0.3) is 0 Å². The van der Waals surface area contributed by atoms with Crippen molar-refractivity contribution < 1.29 is 35.5 Å². The van der Waals surface area contributed by atoms with Crippen LogP contribution in [0.3, 0.4) is 0 Å². The van der Waals surface area contributed by atoms with Crippen LogP contribution in [0.5, 0.6) is 0 Å². The smallest absolute Gasteiger partial charge is 0.339 e. The lowest BCUT2D eigenvalue weighted by Crippen LogP contribution is -2.76. The molecule has 4 nitrogen and oxygen atoms in total. The first-order valence-corrected chi connectivity index (χ1v) is 6.33. The highest BCUT2D eigenvalue weighted by atomic mass is 19.4. The number of amides is 1. The van der Waals surface area contributed by atoms with E-state index in [2.05, 4.69) is 5.10 Å². The van der Waals surface area contributed by atoms with Crippen LogP contribution in [-0.4, -0.2) is 27.5 Å². The molecule has 2 rings (SSSR count). The van der Waals surface area contributed by atoms with E-state index >= 15 is 0 Å². The van der Waals surface area contributed by atoms with Crippen LogP contribution in [0.15, 0.2) is 0 Å². The Morgan fingerprint density at radius 2 is 1.78 bits per heavy atom. The summed E-state index contributed by atoms with van der Waals surface area (Å²) in [6.45, 7) is 1.66. The van der Waals surface area contributed by atoms with Crippen molar-refractivity contribution in [1.29, 1.82) is 0 Å². The van der Waals surface area contributed by atoms with Crippen molar-refractivity contribution in [2.75, 3.05) is 0 Å². The third kappa shape index (κ3) is 2.19. The molecule has 0 saturated heterocycles. The number of carbonyl (C=O) groups is 1. The van der Waals surface area contributed by atoms with Gasteiger partial charge in [0.15, 0.2) is 11.2 Å². The number of aryl methyl sites for hydroxylation is 1. The van der Waals surface area contributed by atoms with Gasteiger partial charge in [0, 0.05) is 19.5 Å². The van der Waals surface area contributed by atoms with Gasteiger partial charge in [-0.2, -0.15) is 35.8 Å². The summed E-state index contributed by atoms with van der Waals surface area (Å²) in [7, 11) is 0.924. The van der Waals surface area contributed by atoms with Crippen LogP contribution in [0, 0.1) is 6.92 Å².